The fourth-order valence-electron chi connectivity index (χ4n) is 1.88. The quantitative estimate of drug-likeness (QED) is 0.911. The highest BCUT2D eigenvalue weighted by molar-refractivity contribution is 5.75. The van der Waals surface area contributed by atoms with Crippen LogP contribution in [0.1, 0.15) is 20.3 Å². The smallest absolute Gasteiger partial charge is 0.267 e. The molecular weight excluding hydrogens is 266 g/mol. The van der Waals surface area contributed by atoms with Crippen molar-refractivity contribution in [1.82, 2.24) is 15.1 Å². The van der Waals surface area contributed by atoms with Gasteiger partial charge in [0.05, 0.1) is 5.69 Å². The fourth-order valence-corrected chi connectivity index (χ4v) is 1.88. The molecule has 0 fully saturated rings. The molecule has 1 atom stereocenters. The molecule has 0 saturated heterocycles. The van der Waals surface area contributed by atoms with Crippen molar-refractivity contribution in [3.63, 3.8) is 0 Å². The Kier molecular flexibility index (Phi) is 4.87. The monoisotopic (exact) mass is 285 g/mol. The molecular formula is C16H19N3O2. The number of amides is 1. The van der Waals surface area contributed by atoms with Gasteiger partial charge in [-0.05, 0) is 19.4 Å². The van der Waals surface area contributed by atoms with Crippen molar-refractivity contribution in [2.75, 3.05) is 0 Å². The second kappa shape index (κ2) is 6.83. The minimum Gasteiger partial charge on any atom is -0.352 e. The summed E-state index contributed by atoms with van der Waals surface area (Å²) in [4.78, 5) is 23.7. The first-order chi connectivity index (χ1) is 10.1. The van der Waals surface area contributed by atoms with Crippen LogP contribution in [0, 0.1) is 0 Å². The van der Waals surface area contributed by atoms with E-state index >= 15 is 0 Å². The maximum absolute atomic E-state index is 11.9. The van der Waals surface area contributed by atoms with Gasteiger partial charge in [-0.1, -0.05) is 37.3 Å². The standard InChI is InChI=1S/C16H19N3O2/c1-3-12(2)17-15(20)11-19-16(21)10-9-14(18-19)13-7-5-4-6-8-13/h4-10,12H,3,11H2,1-2H3,(H,17,20). The molecule has 5 heteroatoms. The van der Waals surface area contributed by atoms with E-state index in [1.807, 2.05) is 44.2 Å². The van der Waals surface area contributed by atoms with Crippen LogP contribution >= 0.6 is 0 Å². The molecule has 0 bridgehead atoms. The summed E-state index contributed by atoms with van der Waals surface area (Å²) in [5.74, 6) is -0.204. The first-order valence-corrected chi connectivity index (χ1v) is 7.03. The third-order valence-corrected chi connectivity index (χ3v) is 3.25. The van der Waals surface area contributed by atoms with Gasteiger partial charge in [0, 0.05) is 17.7 Å². The fraction of sp³-hybridized carbons (Fsp3) is 0.312. The van der Waals surface area contributed by atoms with Crippen LogP contribution in [0.5, 0.6) is 0 Å². The number of carbonyl (C=O) groups is 1. The molecule has 0 saturated carbocycles. The summed E-state index contributed by atoms with van der Waals surface area (Å²) in [7, 11) is 0. The molecule has 2 aromatic rings. The molecule has 0 spiro atoms. The highest BCUT2D eigenvalue weighted by atomic mass is 16.2. The third kappa shape index (κ3) is 4.02. The van der Waals surface area contributed by atoms with E-state index < -0.39 is 0 Å². The molecule has 1 N–H and O–H groups in total. The van der Waals surface area contributed by atoms with Gasteiger partial charge >= 0.3 is 0 Å². The molecule has 1 aromatic carbocycles. The van der Waals surface area contributed by atoms with E-state index in [0.717, 1.165) is 12.0 Å². The average Bonchev–Trinajstić information content (AvgIpc) is 2.50. The van der Waals surface area contributed by atoms with Crippen molar-refractivity contribution in [1.29, 1.82) is 0 Å². The van der Waals surface area contributed by atoms with E-state index in [4.69, 9.17) is 0 Å². The number of hydrogen-bond acceptors (Lipinski definition) is 3. The largest absolute Gasteiger partial charge is 0.352 e. The summed E-state index contributed by atoms with van der Waals surface area (Å²) in [6.07, 6.45) is 0.845. The Morgan fingerprint density at radius 2 is 1.95 bits per heavy atom. The van der Waals surface area contributed by atoms with Crippen LogP contribution < -0.4 is 10.9 Å². The summed E-state index contributed by atoms with van der Waals surface area (Å²) in [5, 5.41) is 7.08. The first kappa shape index (κ1) is 15.0. The van der Waals surface area contributed by atoms with E-state index in [9.17, 15) is 9.59 Å². The van der Waals surface area contributed by atoms with Gasteiger partial charge in [0.25, 0.3) is 5.56 Å². The van der Waals surface area contributed by atoms with E-state index in [0.29, 0.717) is 5.69 Å². The zero-order chi connectivity index (χ0) is 15.2. The topological polar surface area (TPSA) is 64.0 Å². The number of nitrogens with one attached hydrogen (secondary N) is 1. The van der Waals surface area contributed by atoms with Gasteiger partial charge in [0.15, 0.2) is 0 Å². The van der Waals surface area contributed by atoms with Gasteiger partial charge in [-0.2, -0.15) is 5.10 Å². The van der Waals surface area contributed by atoms with Gasteiger partial charge in [0.2, 0.25) is 5.91 Å². The van der Waals surface area contributed by atoms with Gasteiger partial charge < -0.3 is 5.32 Å². The van der Waals surface area contributed by atoms with E-state index in [1.165, 1.54) is 10.7 Å². The number of aromatic nitrogens is 2. The predicted molar refractivity (Wildman–Crippen MR) is 81.8 cm³/mol. The van der Waals surface area contributed by atoms with Crippen LogP contribution in [0.2, 0.25) is 0 Å². The molecule has 0 aliphatic heterocycles. The number of nitrogens with zero attached hydrogens (tertiary/aromatic N) is 2. The maximum Gasteiger partial charge on any atom is 0.267 e. The van der Waals surface area contributed by atoms with Crippen LogP contribution in [0.15, 0.2) is 47.3 Å². The van der Waals surface area contributed by atoms with Crippen molar-refractivity contribution in [2.45, 2.75) is 32.9 Å². The average molecular weight is 285 g/mol. The normalized spacial score (nSPS) is 11.9. The lowest BCUT2D eigenvalue weighted by atomic mass is 10.1. The Balaban J connectivity index is 2.20. The first-order valence-electron chi connectivity index (χ1n) is 7.03. The summed E-state index contributed by atoms with van der Waals surface area (Å²) >= 11 is 0. The second-order valence-electron chi connectivity index (χ2n) is 4.96. The molecule has 1 amide bonds. The lowest BCUT2D eigenvalue weighted by molar-refractivity contribution is -0.122. The molecule has 0 aliphatic rings. The minimum absolute atomic E-state index is 0.0656. The minimum atomic E-state index is -0.283. The van der Waals surface area contributed by atoms with Crippen LogP contribution in [0.3, 0.4) is 0 Å². The zero-order valence-electron chi connectivity index (χ0n) is 12.2. The maximum atomic E-state index is 11.9. The molecule has 110 valence electrons. The number of carbonyl (C=O) groups excluding carboxylic acids is 1. The van der Waals surface area contributed by atoms with Crippen molar-refractivity contribution in [3.8, 4) is 11.3 Å². The second-order valence-corrected chi connectivity index (χ2v) is 4.96. The highest BCUT2D eigenvalue weighted by Crippen LogP contribution is 2.13. The van der Waals surface area contributed by atoms with Crippen LogP contribution in [0.25, 0.3) is 11.3 Å². The lowest BCUT2D eigenvalue weighted by Gasteiger charge is -2.12. The van der Waals surface area contributed by atoms with Crippen molar-refractivity contribution in [2.24, 2.45) is 0 Å². The molecule has 1 unspecified atom stereocenters. The van der Waals surface area contributed by atoms with Gasteiger partial charge in [-0.25, -0.2) is 4.68 Å². The van der Waals surface area contributed by atoms with Crippen molar-refractivity contribution >= 4 is 5.91 Å². The molecule has 0 radical (unpaired) electrons. The Hall–Kier alpha value is -2.43. The SMILES string of the molecule is CCC(C)NC(=O)Cn1nc(-c2ccccc2)ccc1=O. The number of benzene rings is 1. The Morgan fingerprint density at radius 1 is 1.24 bits per heavy atom. The molecule has 2 rings (SSSR count). The van der Waals surface area contributed by atoms with Crippen molar-refractivity contribution < 1.29 is 4.79 Å². The zero-order valence-corrected chi connectivity index (χ0v) is 12.2. The van der Waals surface area contributed by atoms with Crippen LogP contribution in [-0.2, 0) is 11.3 Å². The molecule has 5 nitrogen and oxygen atoms in total. The molecule has 21 heavy (non-hydrogen) atoms. The van der Waals surface area contributed by atoms with E-state index in [-0.39, 0.29) is 24.1 Å². The van der Waals surface area contributed by atoms with E-state index in [1.54, 1.807) is 6.07 Å². The number of hydrogen-bond donors (Lipinski definition) is 1. The summed E-state index contributed by atoms with van der Waals surface area (Å²) < 4.78 is 1.19. The van der Waals surface area contributed by atoms with Gasteiger partial charge in [-0.3, -0.25) is 9.59 Å². The molecule has 1 heterocycles. The Labute approximate surface area is 123 Å². The van der Waals surface area contributed by atoms with Crippen LogP contribution in [0.4, 0.5) is 0 Å². The summed E-state index contributed by atoms with van der Waals surface area (Å²) in [5.41, 5.74) is 1.30. The molecule has 0 aliphatic carbocycles. The van der Waals surface area contributed by atoms with Gasteiger partial charge in [0.1, 0.15) is 6.54 Å². The Bertz CT molecular complexity index is 665. The lowest BCUT2D eigenvalue weighted by Crippen LogP contribution is -2.37. The highest BCUT2D eigenvalue weighted by Gasteiger charge is 2.09. The van der Waals surface area contributed by atoms with Crippen LogP contribution in [-0.4, -0.2) is 21.7 Å². The summed E-state index contributed by atoms with van der Waals surface area (Å²) in [6.45, 7) is 3.85. The van der Waals surface area contributed by atoms with Crippen molar-refractivity contribution in [3.05, 3.63) is 52.8 Å². The number of rotatable bonds is 5. The molecule has 1 aromatic heterocycles. The predicted octanol–water partition coefficient (Wildman–Crippen LogP) is 1.82. The Morgan fingerprint density at radius 3 is 2.62 bits per heavy atom. The van der Waals surface area contributed by atoms with Gasteiger partial charge in [-0.15, -0.1) is 0 Å². The summed E-state index contributed by atoms with van der Waals surface area (Å²) in [6, 6.07) is 12.7. The van der Waals surface area contributed by atoms with E-state index in [2.05, 4.69) is 10.4 Å². The third-order valence-electron chi connectivity index (χ3n) is 3.25.